The molecule has 1 aliphatic rings. The van der Waals surface area contributed by atoms with E-state index in [0.29, 0.717) is 18.8 Å². The van der Waals surface area contributed by atoms with E-state index < -0.39 is 6.04 Å². The van der Waals surface area contributed by atoms with Gasteiger partial charge in [-0.1, -0.05) is 90.5 Å². The molecule has 0 spiro atoms. The van der Waals surface area contributed by atoms with Crippen LogP contribution in [-0.4, -0.2) is 29.9 Å². The summed E-state index contributed by atoms with van der Waals surface area (Å²) in [5, 5.41) is 3.11. The third-order valence-electron chi connectivity index (χ3n) is 6.43. The molecule has 0 heterocycles. The molecule has 1 aliphatic carbocycles. The van der Waals surface area contributed by atoms with E-state index in [1.807, 2.05) is 91.0 Å². The molecule has 0 fully saturated rings. The van der Waals surface area contributed by atoms with Crippen molar-refractivity contribution >= 4 is 11.8 Å². The third-order valence-corrected chi connectivity index (χ3v) is 6.43. The maximum atomic E-state index is 13.6. The molecule has 0 aromatic heterocycles. The molecule has 36 heavy (non-hydrogen) atoms. The van der Waals surface area contributed by atoms with Gasteiger partial charge in [-0.3, -0.25) is 9.59 Å². The number of para-hydroxylation sites is 1. The van der Waals surface area contributed by atoms with Crippen LogP contribution in [0.4, 0.5) is 0 Å². The summed E-state index contributed by atoms with van der Waals surface area (Å²) in [5.41, 5.74) is 3.13. The van der Waals surface area contributed by atoms with Crippen LogP contribution in [0.1, 0.15) is 49.3 Å². The Bertz CT molecular complexity index is 1130. The van der Waals surface area contributed by atoms with Gasteiger partial charge in [0.05, 0.1) is 0 Å². The highest BCUT2D eigenvalue weighted by molar-refractivity contribution is 5.89. The second-order valence-corrected chi connectivity index (χ2v) is 9.07. The summed E-state index contributed by atoms with van der Waals surface area (Å²) in [4.78, 5) is 28.8. The number of nitrogens with one attached hydrogen (secondary N) is 1. The first-order valence-corrected chi connectivity index (χ1v) is 12.7. The Hall–Kier alpha value is -3.86. The van der Waals surface area contributed by atoms with E-state index in [2.05, 4.69) is 11.4 Å². The number of rotatable bonds is 11. The highest BCUT2D eigenvalue weighted by atomic mass is 16.5. The molecular formula is C31H34N2O3. The Labute approximate surface area is 213 Å². The standard InChI is InChI=1S/C31H34N2O3/c34-29(24-36-28-19-11-4-12-20-28)33(23-26-15-7-2-8-16-26)30(27-17-9-3-10-18-27)31(35)32-22-21-25-13-5-1-6-14-25/h2-4,7-13,15-20,30H,1,5-6,14,21-24H2,(H,32,35)/t30-/m0/s1. The van der Waals surface area contributed by atoms with Crippen LogP contribution in [0.2, 0.25) is 0 Å². The van der Waals surface area contributed by atoms with Crippen molar-refractivity contribution in [2.75, 3.05) is 13.2 Å². The molecule has 5 heteroatoms. The maximum absolute atomic E-state index is 13.6. The lowest BCUT2D eigenvalue weighted by atomic mass is 9.97. The third kappa shape index (κ3) is 7.32. The molecule has 0 unspecified atom stereocenters. The van der Waals surface area contributed by atoms with Gasteiger partial charge < -0.3 is 15.0 Å². The zero-order valence-electron chi connectivity index (χ0n) is 20.6. The summed E-state index contributed by atoms with van der Waals surface area (Å²) < 4.78 is 5.78. The second-order valence-electron chi connectivity index (χ2n) is 9.07. The highest BCUT2D eigenvalue weighted by Crippen LogP contribution is 2.25. The minimum Gasteiger partial charge on any atom is -0.484 e. The zero-order chi connectivity index (χ0) is 25.0. The van der Waals surface area contributed by atoms with Crippen molar-refractivity contribution in [3.63, 3.8) is 0 Å². The molecule has 0 bridgehead atoms. The summed E-state index contributed by atoms with van der Waals surface area (Å²) in [6.07, 6.45) is 7.83. The SMILES string of the molecule is O=C(NCCC1=CCCCC1)[C@H](c1ccccc1)N(Cc1ccccc1)C(=O)COc1ccccc1. The number of nitrogens with zero attached hydrogens (tertiary/aromatic N) is 1. The van der Waals surface area contributed by atoms with Gasteiger partial charge in [-0.25, -0.2) is 0 Å². The zero-order valence-corrected chi connectivity index (χ0v) is 20.6. The molecule has 2 amide bonds. The van der Waals surface area contributed by atoms with E-state index in [0.717, 1.165) is 30.4 Å². The quantitative estimate of drug-likeness (QED) is 0.349. The van der Waals surface area contributed by atoms with E-state index in [-0.39, 0.29) is 18.4 Å². The van der Waals surface area contributed by atoms with Crippen LogP contribution >= 0.6 is 0 Å². The fourth-order valence-corrected chi connectivity index (χ4v) is 4.53. The van der Waals surface area contributed by atoms with Gasteiger partial charge in [-0.2, -0.15) is 0 Å². The summed E-state index contributed by atoms with van der Waals surface area (Å²) >= 11 is 0. The van der Waals surface area contributed by atoms with E-state index in [9.17, 15) is 9.59 Å². The Kier molecular flexibility index (Phi) is 9.32. The molecule has 0 saturated heterocycles. The molecule has 3 aromatic rings. The Morgan fingerprint density at radius 3 is 2.19 bits per heavy atom. The minimum atomic E-state index is -0.765. The van der Waals surface area contributed by atoms with Crippen molar-refractivity contribution in [1.29, 1.82) is 0 Å². The van der Waals surface area contributed by atoms with Crippen LogP contribution in [-0.2, 0) is 16.1 Å². The van der Waals surface area contributed by atoms with Gasteiger partial charge in [-0.15, -0.1) is 0 Å². The van der Waals surface area contributed by atoms with Crippen LogP contribution in [0.15, 0.2) is 103 Å². The Balaban J connectivity index is 1.55. The van der Waals surface area contributed by atoms with E-state index in [1.165, 1.54) is 18.4 Å². The van der Waals surface area contributed by atoms with Crippen LogP contribution in [0.5, 0.6) is 5.75 Å². The van der Waals surface area contributed by atoms with Crippen molar-refractivity contribution in [1.82, 2.24) is 10.2 Å². The minimum absolute atomic E-state index is 0.152. The number of ether oxygens (including phenoxy) is 1. The van der Waals surface area contributed by atoms with Crippen molar-refractivity contribution < 1.29 is 14.3 Å². The average molecular weight is 483 g/mol. The van der Waals surface area contributed by atoms with Gasteiger partial charge in [0.15, 0.2) is 6.61 Å². The summed E-state index contributed by atoms with van der Waals surface area (Å²) in [5.74, 6) is 0.190. The first kappa shape index (κ1) is 25.2. The number of hydrogen-bond acceptors (Lipinski definition) is 3. The average Bonchev–Trinajstić information content (AvgIpc) is 2.94. The number of hydrogen-bond donors (Lipinski definition) is 1. The number of amides is 2. The van der Waals surface area contributed by atoms with Gasteiger partial charge in [0.2, 0.25) is 5.91 Å². The summed E-state index contributed by atoms with van der Waals surface area (Å²) in [7, 11) is 0. The summed E-state index contributed by atoms with van der Waals surface area (Å²) in [6.45, 7) is 0.707. The van der Waals surface area contributed by atoms with Gasteiger partial charge >= 0.3 is 0 Å². The van der Waals surface area contributed by atoms with Crippen molar-refractivity contribution in [2.24, 2.45) is 0 Å². The van der Waals surface area contributed by atoms with Crippen LogP contribution in [0.25, 0.3) is 0 Å². The maximum Gasteiger partial charge on any atom is 0.261 e. The van der Waals surface area contributed by atoms with Gasteiger partial charge in [0.1, 0.15) is 11.8 Å². The van der Waals surface area contributed by atoms with Gasteiger partial charge in [-0.05, 0) is 55.4 Å². The van der Waals surface area contributed by atoms with Crippen LogP contribution < -0.4 is 10.1 Å². The highest BCUT2D eigenvalue weighted by Gasteiger charge is 2.31. The van der Waals surface area contributed by atoms with Crippen molar-refractivity contribution in [3.05, 3.63) is 114 Å². The second kappa shape index (κ2) is 13.3. The lowest BCUT2D eigenvalue weighted by Crippen LogP contribution is -2.45. The predicted octanol–water partition coefficient (Wildman–Crippen LogP) is 5.84. The Morgan fingerprint density at radius 1 is 0.861 bits per heavy atom. The molecule has 186 valence electrons. The fraction of sp³-hybridized carbons (Fsp3) is 0.290. The van der Waals surface area contributed by atoms with Crippen LogP contribution in [0, 0.1) is 0 Å². The van der Waals surface area contributed by atoms with E-state index in [4.69, 9.17) is 4.74 Å². The number of allylic oxidation sites excluding steroid dienone is 1. The largest absolute Gasteiger partial charge is 0.484 e. The topological polar surface area (TPSA) is 58.6 Å². The summed E-state index contributed by atoms with van der Waals surface area (Å²) in [6, 6.07) is 27.7. The van der Waals surface area contributed by atoms with Crippen molar-refractivity contribution in [2.45, 2.75) is 44.7 Å². The smallest absolute Gasteiger partial charge is 0.261 e. The molecule has 1 atom stereocenters. The molecule has 0 radical (unpaired) electrons. The van der Waals surface area contributed by atoms with E-state index in [1.54, 1.807) is 4.90 Å². The molecule has 0 saturated carbocycles. The monoisotopic (exact) mass is 482 g/mol. The number of carbonyl (C=O) groups is 2. The normalized spacial score (nSPS) is 13.8. The molecule has 5 nitrogen and oxygen atoms in total. The number of carbonyl (C=O) groups excluding carboxylic acids is 2. The molecule has 4 rings (SSSR count). The van der Waals surface area contributed by atoms with Crippen molar-refractivity contribution in [3.8, 4) is 5.75 Å². The lowest BCUT2D eigenvalue weighted by Gasteiger charge is -2.31. The molecular weight excluding hydrogens is 448 g/mol. The van der Waals surface area contributed by atoms with Crippen LogP contribution in [0.3, 0.4) is 0 Å². The molecule has 0 aliphatic heterocycles. The lowest BCUT2D eigenvalue weighted by molar-refractivity contribution is -0.143. The molecule has 1 N–H and O–H groups in total. The first-order valence-electron chi connectivity index (χ1n) is 12.7. The Morgan fingerprint density at radius 2 is 1.53 bits per heavy atom. The van der Waals surface area contributed by atoms with Gasteiger partial charge in [0.25, 0.3) is 5.91 Å². The number of benzene rings is 3. The fourth-order valence-electron chi connectivity index (χ4n) is 4.53. The predicted molar refractivity (Wildman–Crippen MR) is 142 cm³/mol. The molecule has 3 aromatic carbocycles. The van der Waals surface area contributed by atoms with Gasteiger partial charge in [0, 0.05) is 13.1 Å². The first-order chi connectivity index (χ1) is 17.7. The van der Waals surface area contributed by atoms with E-state index >= 15 is 0 Å².